The largest absolute Gasteiger partial charge is 0.338 e. The summed E-state index contributed by atoms with van der Waals surface area (Å²) in [6.07, 6.45) is 0.0957. The van der Waals surface area contributed by atoms with E-state index in [1.165, 1.54) is 0 Å². The van der Waals surface area contributed by atoms with Gasteiger partial charge in [0.05, 0.1) is 17.2 Å². The maximum Gasteiger partial charge on any atom is 0.234 e. The van der Waals surface area contributed by atoms with E-state index in [1.54, 1.807) is 13.8 Å². The van der Waals surface area contributed by atoms with Crippen molar-refractivity contribution < 1.29 is 17.7 Å². The third kappa shape index (κ3) is 3.54. The molecule has 1 fully saturated rings. The molecule has 1 amide bonds. The lowest BCUT2D eigenvalue weighted by molar-refractivity contribution is -0.116. The molecule has 1 aromatic rings. The lowest BCUT2D eigenvalue weighted by atomic mass is 10.2. The fraction of sp³-hybridized carbons (Fsp3) is 0.636. The van der Waals surface area contributed by atoms with Crippen LogP contribution in [0.5, 0.6) is 0 Å². The van der Waals surface area contributed by atoms with Gasteiger partial charge in [0.25, 0.3) is 0 Å². The number of rotatable bonds is 3. The molecule has 1 aliphatic heterocycles. The minimum Gasteiger partial charge on any atom is -0.338 e. The molecule has 1 unspecified atom stereocenters. The molecule has 2 heterocycles. The number of carbonyl (C=O) groups is 1. The molecule has 1 saturated heterocycles. The van der Waals surface area contributed by atoms with E-state index in [-0.39, 0.29) is 29.9 Å². The first-order valence-electron chi connectivity index (χ1n) is 6.04. The van der Waals surface area contributed by atoms with Crippen LogP contribution in [0.1, 0.15) is 17.7 Å². The summed E-state index contributed by atoms with van der Waals surface area (Å²) in [6, 6.07) is -0.344. The normalized spacial score (nSPS) is 22.1. The average Bonchev–Trinajstić information content (AvgIpc) is 2.59. The van der Waals surface area contributed by atoms with Gasteiger partial charge in [-0.05, 0) is 13.8 Å². The lowest BCUT2D eigenvalue weighted by Crippen LogP contribution is -2.46. The number of carbonyl (C=O) groups excluding carboxylic acids is 1. The Bertz CT molecular complexity index is 579. The SMILES string of the molecule is Cc1noc(NC(=O)CC2CS(=O)(=O)CCN2)c1C. The summed E-state index contributed by atoms with van der Waals surface area (Å²) in [7, 11) is -3.03. The Labute approximate surface area is 111 Å². The van der Waals surface area contributed by atoms with Gasteiger partial charge in [0.15, 0.2) is 9.84 Å². The highest BCUT2D eigenvalue weighted by Gasteiger charge is 2.26. The maximum absolute atomic E-state index is 11.8. The van der Waals surface area contributed by atoms with Crippen LogP contribution in [-0.2, 0) is 14.6 Å². The Kier molecular flexibility index (Phi) is 3.91. The van der Waals surface area contributed by atoms with E-state index in [0.717, 1.165) is 5.56 Å². The second-order valence-electron chi connectivity index (χ2n) is 4.74. The molecule has 0 radical (unpaired) electrons. The van der Waals surface area contributed by atoms with Crippen LogP contribution in [0.2, 0.25) is 0 Å². The van der Waals surface area contributed by atoms with Crippen LogP contribution in [0.4, 0.5) is 5.88 Å². The molecule has 8 heteroatoms. The summed E-state index contributed by atoms with van der Waals surface area (Å²) in [6.45, 7) is 3.97. The zero-order valence-electron chi connectivity index (χ0n) is 10.9. The summed E-state index contributed by atoms with van der Waals surface area (Å²) in [5, 5.41) is 9.37. The molecular weight excluding hydrogens is 270 g/mol. The van der Waals surface area contributed by atoms with E-state index < -0.39 is 9.84 Å². The molecule has 2 rings (SSSR count). The molecule has 2 N–H and O–H groups in total. The topological polar surface area (TPSA) is 101 Å². The summed E-state index contributed by atoms with van der Waals surface area (Å²) in [5.41, 5.74) is 1.49. The van der Waals surface area contributed by atoms with Crippen molar-refractivity contribution in [3.63, 3.8) is 0 Å². The molecule has 106 valence electrons. The Hall–Kier alpha value is -1.41. The molecule has 19 heavy (non-hydrogen) atoms. The van der Waals surface area contributed by atoms with E-state index in [1.807, 2.05) is 0 Å². The van der Waals surface area contributed by atoms with Gasteiger partial charge in [-0.25, -0.2) is 8.42 Å². The number of hydrogen-bond donors (Lipinski definition) is 2. The lowest BCUT2D eigenvalue weighted by Gasteiger charge is -2.22. The summed E-state index contributed by atoms with van der Waals surface area (Å²) >= 11 is 0. The molecule has 1 aromatic heterocycles. The third-order valence-corrected chi connectivity index (χ3v) is 4.88. The molecule has 1 atom stereocenters. The Morgan fingerprint density at radius 3 is 2.84 bits per heavy atom. The summed E-state index contributed by atoms with van der Waals surface area (Å²) in [5.74, 6) is 0.162. The zero-order valence-corrected chi connectivity index (χ0v) is 11.7. The highest BCUT2D eigenvalue weighted by molar-refractivity contribution is 7.91. The van der Waals surface area contributed by atoms with Gasteiger partial charge in [0.1, 0.15) is 0 Å². The second kappa shape index (κ2) is 5.30. The van der Waals surface area contributed by atoms with Crippen molar-refractivity contribution in [2.45, 2.75) is 26.3 Å². The fourth-order valence-corrected chi connectivity index (χ4v) is 3.38. The highest BCUT2D eigenvalue weighted by atomic mass is 32.2. The highest BCUT2D eigenvalue weighted by Crippen LogP contribution is 2.17. The van der Waals surface area contributed by atoms with Crippen molar-refractivity contribution in [3.8, 4) is 0 Å². The molecule has 0 spiro atoms. The van der Waals surface area contributed by atoms with Crippen LogP contribution in [0.15, 0.2) is 4.52 Å². The summed E-state index contributed by atoms with van der Waals surface area (Å²) in [4.78, 5) is 11.8. The van der Waals surface area contributed by atoms with Gasteiger partial charge in [-0.2, -0.15) is 0 Å². The van der Waals surface area contributed by atoms with Gasteiger partial charge >= 0.3 is 0 Å². The molecule has 0 aromatic carbocycles. The Balaban J connectivity index is 1.93. The first-order chi connectivity index (χ1) is 8.87. The van der Waals surface area contributed by atoms with Gasteiger partial charge in [-0.3, -0.25) is 10.1 Å². The van der Waals surface area contributed by atoms with Crippen molar-refractivity contribution in [1.29, 1.82) is 0 Å². The van der Waals surface area contributed by atoms with E-state index in [0.29, 0.717) is 18.1 Å². The fourth-order valence-electron chi connectivity index (χ4n) is 1.93. The van der Waals surface area contributed by atoms with Gasteiger partial charge in [-0.1, -0.05) is 5.16 Å². The van der Waals surface area contributed by atoms with E-state index in [4.69, 9.17) is 4.52 Å². The standard InChI is InChI=1S/C11H17N3O4S/c1-7-8(2)14-18-11(7)13-10(15)5-9-6-19(16,17)4-3-12-9/h9,12H,3-6H2,1-2H3,(H,13,15). The maximum atomic E-state index is 11.8. The minimum atomic E-state index is -3.03. The molecule has 0 saturated carbocycles. The number of anilines is 1. The molecule has 7 nitrogen and oxygen atoms in total. The van der Waals surface area contributed by atoms with Crippen LogP contribution in [0.25, 0.3) is 0 Å². The summed E-state index contributed by atoms with van der Waals surface area (Å²) < 4.78 is 27.9. The van der Waals surface area contributed by atoms with E-state index in [2.05, 4.69) is 15.8 Å². The number of nitrogens with zero attached hydrogens (tertiary/aromatic N) is 1. The van der Waals surface area contributed by atoms with Crippen LogP contribution >= 0.6 is 0 Å². The smallest absolute Gasteiger partial charge is 0.234 e. The number of amides is 1. The molecular formula is C11H17N3O4S. The van der Waals surface area contributed by atoms with Crippen LogP contribution < -0.4 is 10.6 Å². The predicted molar refractivity (Wildman–Crippen MR) is 69.7 cm³/mol. The van der Waals surface area contributed by atoms with Crippen molar-refractivity contribution in [2.24, 2.45) is 0 Å². The number of aromatic nitrogens is 1. The first-order valence-corrected chi connectivity index (χ1v) is 7.86. The quantitative estimate of drug-likeness (QED) is 0.812. The third-order valence-electron chi connectivity index (χ3n) is 3.14. The van der Waals surface area contributed by atoms with Crippen LogP contribution in [-0.4, -0.2) is 43.6 Å². The first kappa shape index (κ1) is 14.0. The van der Waals surface area contributed by atoms with Gasteiger partial charge in [-0.15, -0.1) is 0 Å². The minimum absolute atomic E-state index is 0.00512. The molecule has 0 aliphatic carbocycles. The van der Waals surface area contributed by atoms with Crippen molar-refractivity contribution in [3.05, 3.63) is 11.3 Å². The second-order valence-corrected chi connectivity index (χ2v) is 6.97. The average molecular weight is 287 g/mol. The van der Waals surface area contributed by atoms with E-state index >= 15 is 0 Å². The van der Waals surface area contributed by atoms with E-state index in [9.17, 15) is 13.2 Å². The molecule has 1 aliphatic rings. The van der Waals surface area contributed by atoms with Crippen molar-refractivity contribution in [1.82, 2.24) is 10.5 Å². The van der Waals surface area contributed by atoms with Gasteiger partial charge < -0.3 is 9.84 Å². The number of hydrogen-bond acceptors (Lipinski definition) is 6. The monoisotopic (exact) mass is 287 g/mol. The Morgan fingerprint density at radius 1 is 1.53 bits per heavy atom. The van der Waals surface area contributed by atoms with Gasteiger partial charge in [0, 0.05) is 24.6 Å². The molecule has 0 bridgehead atoms. The number of sulfone groups is 1. The van der Waals surface area contributed by atoms with Gasteiger partial charge in [0.2, 0.25) is 11.8 Å². The number of aryl methyl sites for hydroxylation is 1. The van der Waals surface area contributed by atoms with Crippen molar-refractivity contribution in [2.75, 3.05) is 23.4 Å². The predicted octanol–water partition coefficient (Wildman–Crippen LogP) is 0.00664. The number of nitrogens with one attached hydrogen (secondary N) is 2. The van der Waals surface area contributed by atoms with Crippen LogP contribution in [0.3, 0.4) is 0 Å². The van der Waals surface area contributed by atoms with Crippen LogP contribution in [0, 0.1) is 13.8 Å². The van der Waals surface area contributed by atoms with Crippen molar-refractivity contribution >= 4 is 21.6 Å². The Morgan fingerprint density at radius 2 is 2.26 bits per heavy atom. The zero-order chi connectivity index (χ0) is 14.0.